The molecule has 6 nitrogen and oxygen atoms in total. The largest absolute Gasteiger partial charge is 0.325 e. The Balaban J connectivity index is 1.52. The molecule has 0 unspecified atom stereocenters. The van der Waals surface area contributed by atoms with Gasteiger partial charge in [-0.3, -0.25) is 9.58 Å². The number of hydrogen-bond donors (Lipinski definition) is 1. The molecule has 0 amide bonds. The first-order chi connectivity index (χ1) is 13.1. The smallest absolute Gasteiger partial charge is 0.131 e. The SMILES string of the molecule is Cc1cccc(Nc2cccc([C@H]3CCCN3Cc3cn(C)nc3C)n2)n1. The van der Waals surface area contributed by atoms with E-state index >= 15 is 0 Å². The van der Waals surface area contributed by atoms with Crippen LogP contribution < -0.4 is 5.32 Å². The second kappa shape index (κ2) is 7.48. The van der Waals surface area contributed by atoms with Gasteiger partial charge in [0.05, 0.1) is 17.4 Å². The Morgan fingerprint density at radius 2 is 1.85 bits per heavy atom. The molecule has 27 heavy (non-hydrogen) atoms. The van der Waals surface area contributed by atoms with Gasteiger partial charge in [-0.2, -0.15) is 5.10 Å². The van der Waals surface area contributed by atoms with Gasteiger partial charge in [-0.25, -0.2) is 9.97 Å². The summed E-state index contributed by atoms with van der Waals surface area (Å²) in [5.74, 6) is 1.67. The van der Waals surface area contributed by atoms with Crippen LogP contribution >= 0.6 is 0 Å². The van der Waals surface area contributed by atoms with Gasteiger partial charge in [-0.15, -0.1) is 0 Å². The van der Waals surface area contributed by atoms with E-state index in [1.807, 2.05) is 42.9 Å². The molecule has 1 fully saturated rings. The van der Waals surface area contributed by atoms with Gasteiger partial charge in [0, 0.05) is 31.0 Å². The standard InChI is InChI=1S/C21H26N6/c1-15-7-4-10-20(22-15)24-21-11-5-8-18(23-21)19-9-6-12-27(19)14-17-13-26(3)25-16(17)2/h4-5,7-8,10-11,13,19H,6,9,12,14H2,1-3H3,(H,22,23,24)/t19-/m1/s1. The molecule has 0 bridgehead atoms. The molecule has 6 heteroatoms. The summed E-state index contributed by atoms with van der Waals surface area (Å²) >= 11 is 0. The van der Waals surface area contributed by atoms with Crippen molar-refractivity contribution >= 4 is 11.6 Å². The lowest BCUT2D eigenvalue weighted by molar-refractivity contribution is 0.244. The Kier molecular flexibility index (Phi) is 4.90. The normalized spacial score (nSPS) is 17.4. The second-order valence-electron chi connectivity index (χ2n) is 7.28. The molecular weight excluding hydrogens is 336 g/mol. The zero-order valence-electron chi connectivity index (χ0n) is 16.2. The summed E-state index contributed by atoms with van der Waals surface area (Å²) in [6.07, 6.45) is 4.46. The van der Waals surface area contributed by atoms with E-state index in [9.17, 15) is 0 Å². The average molecular weight is 362 g/mol. The average Bonchev–Trinajstić information content (AvgIpc) is 3.22. The molecule has 0 saturated carbocycles. The number of pyridine rings is 2. The maximum Gasteiger partial charge on any atom is 0.131 e. The minimum absolute atomic E-state index is 0.344. The highest BCUT2D eigenvalue weighted by atomic mass is 15.3. The monoisotopic (exact) mass is 362 g/mol. The van der Waals surface area contributed by atoms with E-state index in [4.69, 9.17) is 4.98 Å². The molecule has 3 aromatic rings. The van der Waals surface area contributed by atoms with Crippen LogP contribution in [0.3, 0.4) is 0 Å². The van der Waals surface area contributed by atoms with Crippen molar-refractivity contribution in [3.05, 3.63) is 65.2 Å². The van der Waals surface area contributed by atoms with Crippen LogP contribution in [0.1, 0.15) is 41.5 Å². The molecule has 3 aromatic heterocycles. The molecule has 0 aliphatic carbocycles. The van der Waals surface area contributed by atoms with Gasteiger partial charge >= 0.3 is 0 Å². The Morgan fingerprint density at radius 3 is 2.59 bits per heavy atom. The van der Waals surface area contributed by atoms with E-state index in [2.05, 4.69) is 45.6 Å². The molecule has 0 spiro atoms. The molecular formula is C21H26N6. The maximum absolute atomic E-state index is 4.89. The van der Waals surface area contributed by atoms with Gasteiger partial charge in [0.25, 0.3) is 0 Å². The number of anilines is 2. The molecule has 4 heterocycles. The number of likely N-dealkylation sites (tertiary alicyclic amines) is 1. The lowest BCUT2D eigenvalue weighted by atomic mass is 10.1. The summed E-state index contributed by atoms with van der Waals surface area (Å²) in [6, 6.07) is 12.5. The molecule has 4 rings (SSSR count). The zero-order chi connectivity index (χ0) is 18.8. The predicted octanol–water partition coefficient (Wildman–Crippen LogP) is 3.91. The first kappa shape index (κ1) is 17.7. The first-order valence-electron chi connectivity index (χ1n) is 9.49. The van der Waals surface area contributed by atoms with Crippen molar-refractivity contribution in [3.63, 3.8) is 0 Å². The van der Waals surface area contributed by atoms with Gasteiger partial charge in [-0.1, -0.05) is 12.1 Å². The van der Waals surface area contributed by atoms with Crippen molar-refractivity contribution in [3.8, 4) is 0 Å². The summed E-state index contributed by atoms with van der Waals surface area (Å²) < 4.78 is 1.90. The first-order valence-corrected chi connectivity index (χ1v) is 9.49. The Hall–Kier alpha value is -2.73. The topological polar surface area (TPSA) is 58.9 Å². The van der Waals surface area contributed by atoms with Crippen LogP contribution in [0.2, 0.25) is 0 Å². The van der Waals surface area contributed by atoms with E-state index < -0.39 is 0 Å². The van der Waals surface area contributed by atoms with Gasteiger partial charge in [0.1, 0.15) is 11.6 Å². The van der Waals surface area contributed by atoms with Gasteiger partial charge in [0.2, 0.25) is 0 Å². The highest BCUT2D eigenvalue weighted by molar-refractivity contribution is 5.51. The van der Waals surface area contributed by atoms with Crippen molar-refractivity contribution in [2.75, 3.05) is 11.9 Å². The van der Waals surface area contributed by atoms with E-state index in [-0.39, 0.29) is 0 Å². The molecule has 0 radical (unpaired) electrons. The second-order valence-corrected chi connectivity index (χ2v) is 7.28. The Bertz CT molecular complexity index is 932. The minimum atomic E-state index is 0.344. The highest BCUT2D eigenvalue weighted by Crippen LogP contribution is 2.33. The summed E-state index contributed by atoms with van der Waals surface area (Å²) in [5.41, 5.74) is 4.51. The van der Waals surface area contributed by atoms with Crippen molar-refractivity contribution in [2.45, 2.75) is 39.3 Å². The van der Waals surface area contributed by atoms with Crippen molar-refractivity contribution < 1.29 is 0 Å². The third-order valence-electron chi connectivity index (χ3n) is 5.11. The van der Waals surface area contributed by atoms with E-state index in [1.165, 1.54) is 12.0 Å². The van der Waals surface area contributed by atoms with Crippen molar-refractivity contribution in [1.29, 1.82) is 0 Å². The fourth-order valence-electron chi connectivity index (χ4n) is 3.82. The van der Waals surface area contributed by atoms with Gasteiger partial charge in [-0.05, 0) is 57.5 Å². The molecule has 140 valence electrons. The van der Waals surface area contributed by atoms with Gasteiger partial charge in [0.15, 0.2) is 0 Å². The molecule has 1 saturated heterocycles. The lowest BCUT2D eigenvalue weighted by Gasteiger charge is -2.24. The number of nitrogens with zero attached hydrogens (tertiary/aromatic N) is 5. The van der Waals surface area contributed by atoms with Crippen LogP contribution in [-0.4, -0.2) is 31.2 Å². The van der Waals surface area contributed by atoms with Gasteiger partial charge < -0.3 is 5.32 Å². The fourth-order valence-corrected chi connectivity index (χ4v) is 3.82. The quantitative estimate of drug-likeness (QED) is 0.746. The molecule has 0 aromatic carbocycles. The Labute approximate surface area is 160 Å². The maximum atomic E-state index is 4.89. The summed E-state index contributed by atoms with van der Waals surface area (Å²) in [7, 11) is 1.98. The lowest BCUT2D eigenvalue weighted by Crippen LogP contribution is -2.23. The number of rotatable bonds is 5. The number of aryl methyl sites for hydroxylation is 3. The molecule has 1 aliphatic heterocycles. The van der Waals surface area contributed by atoms with E-state index in [0.29, 0.717) is 6.04 Å². The van der Waals surface area contributed by atoms with Crippen molar-refractivity contribution in [2.24, 2.45) is 7.05 Å². The number of aromatic nitrogens is 4. The third kappa shape index (κ3) is 4.01. The summed E-state index contributed by atoms with van der Waals surface area (Å²) in [6.45, 7) is 6.09. The Morgan fingerprint density at radius 1 is 1.07 bits per heavy atom. The number of hydrogen-bond acceptors (Lipinski definition) is 5. The third-order valence-corrected chi connectivity index (χ3v) is 5.11. The molecule has 1 aliphatic rings. The van der Waals surface area contributed by atoms with Crippen LogP contribution in [0, 0.1) is 13.8 Å². The highest BCUT2D eigenvalue weighted by Gasteiger charge is 2.28. The minimum Gasteiger partial charge on any atom is -0.325 e. The van der Waals surface area contributed by atoms with Crippen molar-refractivity contribution in [1.82, 2.24) is 24.6 Å². The summed E-state index contributed by atoms with van der Waals surface area (Å²) in [5, 5.41) is 7.81. The van der Waals surface area contributed by atoms with Crippen LogP contribution in [0.4, 0.5) is 11.6 Å². The molecule has 1 atom stereocenters. The van der Waals surface area contributed by atoms with Crippen LogP contribution in [0.15, 0.2) is 42.6 Å². The van der Waals surface area contributed by atoms with E-state index in [1.54, 1.807) is 0 Å². The predicted molar refractivity (Wildman–Crippen MR) is 107 cm³/mol. The van der Waals surface area contributed by atoms with Crippen LogP contribution in [0.25, 0.3) is 0 Å². The summed E-state index contributed by atoms with van der Waals surface area (Å²) in [4.78, 5) is 11.9. The van der Waals surface area contributed by atoms with Crippen LogP contribution in [-0.2, 0) is 13.6 Å². The molecule has 1 N–H and O–H groups in total. The zero-order valence-corrected chi connectivity index (χ0v) is 16.2. The number of nitrogens with one attached hydrogen (secondary N) is 1. The van der Waals surface area contributed by atoms with Crippen LogP contribution in [0.5, 0.6) is 0 Å². The van der Waals surface area contributed by atoms with E-state index in [0.717, 1.165) is 48.2 Å². The fraction of sp³-hybridized carbons (Fsp3) is 0.381.